The Morgan fingerprint density at radius 2 is 2.46 bits per heavy atom. The highest BCUT2D eigenvalue weighted by molar-refractivity contribution is 9.10. The van der Waals surface area contributed by atoms with Gasteiger partial charge in [-0.2, -0.15) is 0 Å². The first-order valence-electron chi connectivity index (χ1n) is 3.63. The number of nitrogens with zero attached hydrogens (tertiary/aromatic N) is 1. The normalized spacial score (nSPS) is 9.77. The number of esters is 1. The Hall–Kier alpha value is -0.970. The molecular weight excluding hydrogens is 241 g/mol. The highest BCUT2D eigenvalue weighted by Gasteiger charge is 2.12. The van der Waals surface area contributed by atoms with Crippen molar-refractivity contribution >= 4 is 21.9 Å². The topological polar surface area (TPSA) is 39.2 Å². The van der Waals surface area contributed by atoms with Gasteiger partial charge in [0.25, 0.3) is 0 Å². The molecule has 1 rings (SSSR count). The third-order valence-electron chi connectivity index (χ3n) is 1.30. The van der Waals surface area contributed by atoms with Crippen LogP contribution in [-0.4, -0.2) is 17.6 Å². The van der Waals surface area contributed by atoms with Gasteiger partial charge >= 0.3 is 5.97 Å². The SMILES string of the molecule is CCOC(=O)c1cc(F)cnc1Br. The maximum absolute atomic E-state index is 12.7. The van der Waals surface area contributed by atoms with Crippen molar-refractivity contribution in [1.29, 1.82) is 0 Å². The summed E-state index contributed by atoms with van der Waals surface area (Å²) in [6.07, 6.45) is 1.02. The van der Waals surface area contributed by atoms with E-state index in [0.717, 1.165) is 12.3 Å². The smallest absolute Gasteiger partial charge is 0.340 e. The van der Waals surface area contributed by atoms with Crippen LogP contribution in [0.4, 0.5) is 4.39 Å². The lowest BCUT2D eigenvalue weighted by Crippen LogP contribution is -2.06. The largest absolute Gasteiger partial charge is 0.462 e. The lowest BCUT2D eigenvalue weighted by atomic mass is 10.3. The first-order chi connectivity index (χ1) is 6.15. The van der Waals surface area contributed by atoms with E-state index in [0.29, 0.717) is 0 Å². The number of aromatic nitrogens is 1. The zero-order chi connectivity index (χ0) is 9.84. The van der Waals surface area contributed by atoms with E-state index in [1.807, 2.05) is 0 Å². The number of halogens is 2. The Bertz CT molecular complexity index is 330. The molecule has 0 aliphatic rings. The maximum atomic E-state index is 12.7. The molecule has 0 aromatic carbocycles. The molecule has 13 heavy (non-hydrogen) atoms. The molecule has 70 valence electrons. The van der Waals surface area contributed by atoms with Crippen LogP contribution in [0, 0.1) is 5.82 Å². The highest BCUT2D eigenvalue weighted by Crippen LogP contribution is 2.15. The van der Waals surface area contributed by atoms with Gasteiger partial charge in [0.05, 0.1) is 18.4 Å². The van der Waals surface area contributed by atoms with Crippen molar-refractivity contribution < 1.29 is 13.9 Å². The fraction of sp³-hybridized carbons (Fsp3) is 0.250. The molecule has 0 bridgehead atoms. The molecule has 0 aliphatic heterocycles. The predicted molar refractivity (Wildman–Crippen MR) is 47.9 cm³/mol. The van der Waals surface area contributed by atoms with Gasteiger partial charge in [-0.15, -0.1) is 0 Å². The van der Waals surface area contributed by atoms with E-state index in [4.69, 9.17) is 0 Å². The summed E-state index contributed by atoms with van der Waals surface area (Å²) < 4.78 is 17.6. The van der Waals surface area contributed by atoms with Crippen LogP contribution in [0.25, 0.3) is 0 Å². The summed E-state index contributed by atoms with van der Waals surface area (Å²) in [7, 11) is 0. The molecule has 0 aliphatic carbocycles. The fourth-order valence-corrected chi connectivity index (χ4v) is 1.15. The standard InChI is InChI=1S/C8H7BrFNO2/c1-2-13-8(12)6-3-5(10)4-11-7(6)9/h3-4H,2H2,1H3. The second kappa shape index (κ2) is 4.32. The molecular formula is C8H7BrFNO2. The quantitative estimate of drug-likeness (QED) is 0.594. The van der Waals surface area contributed by atoms with Crippen molar-refractivity contribution in [2.75, 3.05) is 6.61 Å². The summed E-state index contributed by atoms with van der Waals surface area (Å²) in [5, 5.41) is 0. The molecule has 0 fully saturated rings. The number of hydrogen-bond acceptors (Lipinski definition) is 3. The van der Waals surface area contributed by atoms with Crippen molar-refractivity contribution in [2.45, 2.75) is 6.92 Å². The van der Waals surface area contributed by atoms with Crippen molar-refractivity contribution in [3.63, 3.8) is 0 Å². The number of carbonyl (C=O) groups is 1. The Labute approximate surface area is 83.1 Å². The van der Waals surface area contributed by atoms with Crippen molar-refractivity contribution in [3.8, 4) is 0 Å². The lowest BCUT2D eigenvalue weighted by molar-refractivity contribution is 0.0524. The molecule has 0 unspecified atom stereocenters. The minimum absolute atomic E-state index is 0.0989. The van der Waals surface area contributed by atoms with Crippen LogP contribution in [0.2, 0.25) is 0 Å². The van der Waals surface area contributed by atoms with Crippen LogP contribution in [0.5, 0.6) is 0 Å². The monoisotopic (exact) mass is 247 g/mol. The summed E-state index contributed by atoms with van der Waals surface area (Å²) in [5.41, 5.74) is 0.0989. The first kappa shape index (κ1) is 10.1. The third kappa shape index (κ3) is 2.48. The predicted octanol–water partition coefficient (Wildman–Crippen LogP) is 2.16. The van der Waals surface area contributed by atoms with Gasteiger partial charge in [0.2, 0.25) is 0 Å². The van der Waals surface area contributed by atoms with E-state index in [1.165, 1.54) is 0 Å². The number of rotatable bonds is 2. The van der Waals surface area contributed by atoms with Crippen LogP contribution < -0.4 is 0 Å². The summed E-state index contributed by atoms with van der Waals surface area (Å²) in [6, 6.07) is 1.08. The summed E-state index contributed by atoms with van der Waals surface area (Å²) in [6.45, 7) is 1.93. The van der Waals surface area contributed by atoms with Crippen LogP contribution in [0.3, 0.4) is 0 Å². The van der Waals surface area contributed by atoms with E-state index in [9.17, 15) is 9.18 Å². The summed E-state index contributed by atoms with van der Waals surface area (Å²) in [5.74, 6) is -1.15. The van der Waals surface area contributed by atoms with E-state index in [1.54, 1.807) is 6.92 Å². The molecule has 0 saturated heterocycles. The van der Waals surface area contributed by atoms with Gasteiger partial charge in [-0.1, -0.05) is 0 Å². The molecule has 1 heterocycles. The van der Waals surface area contributed by atoms with Gasteiger partial charge in [-0.05, 0) is 28.9 Å². The van der Waals surface area contributed by atoms with E-state index in [2.05, 4.69) is 25.7 Å². The molecule has 0 spiro atoms. The molecule has 3 nitrogen and oxygen atoms in total. The Balaban J connectivity index is 2.99. The number of pyridine rings is 1. The molecule has 5 heteroatoms. The lowest BCUT2D eigenvalue weighted by Gasteiger charge is -2.02. The molecule has 1 aromatic heterocycles. The Morgan fingerprint density at radius 1 is 1.77 bits per heavy atom. The molecule has 0 radical (unpaired) electrons. The third-order valence-corrected chi connectivity index (χ3v) is 1.93. The first-order valence-corrected chi connectivity index (χ1v) is 4.42. The number of hydrogen-bond donors (Lipinski definition) is 0. The Kier molecular flexibility index (Phi) is 3.36. The average molecular weight is 248 g/mol. The van der Waals surface area contributed by atoms with Crippen LogP contribution >= 0.6 is 15.9 Å². The zero-order valence-electron chi connectivity index (χ0n) is 6.88. The van der Waals surface area contributed by atoms with Crippen molar-refractivity contribution in [1.82, 2.24) is 4.98 Å². The number of ether oxygens (including phenoxy) is 1. The van der Waals surface area contributed by atoms with Crippen LogP contribution in [0.15, 0.2) is 16.9 Å². The summed E-state index contributed by atoms with van der Waals surface area (Å²) >= 11 is 3.02. The van der Waals surface area contributed by atoms with Gasteiger partial charge in [0, 0.05) is 0 Å². The average Bonchev–Trinajstić information content (AvgIpc) is 2.09. The summed E-state index contributed by atoms with van der Waals surface area (Å²) in [4.78, 5) is 14.8. The molecule has 0 atom stereocenters. The molecule has 0 N–H and O–H groups in total. The van der Waals surface area contributed by atoms with E-state index >= 15 is 0 Å². The Morgan fingerprint density at radius 3 is 3.08 bits per heavy atom. The second-order valence-corrected chi connectivity index (χ2v) is 2.96. The van der Waals surface area contributed by atoms with Gasteiger partial charge in [0.15, 0.2) is 0 Å². The minimum atomic E-state index is -0.582. The molecule has 0 saturated carbocycles. The van der Waals surface area contributed by atoms with Gasteiger partial charge < -0.3 is 4.74 Å². The number of carbonyl (C=O) groups excluding carboxylic acids is 1. The zero-order valence-corrected chi connectivity index (χ0v) is 8.47. The minimum Gasteiger partial charge on any atom is -0.462 e. The fourth-order valence-electron chi connectivity index (χ4n) is 0.775. The van der Waals surface area contributed by atoms with Crippen LogP contribution in [-0.2, 0) is 4.74 Å². The van der Waals surface area contributed by atoms with Crippen LogP contribution in [0.1, 0.15) is 17.3 Å². The second-order valence-electron chi connectivity index (χ2n) is 2.21. The molecule has 0 amide bonds. The highest BCUT2D eigenvalue weighted by atomic mass is 79.9. The molecule has 1 aromatic rings. The maximum Gasteiger partial charge on any atom is 0.340 e. The van der Waals surface area contributed by atoms with Gasteiger partial charge in [-0.3, -0.25) is 0 Å². The van der Waals surface area contributed by atoms with Gasteiger partial charge in [-0.25, -0.2) is 14.2 Å². The van der Waals surface area contributed by atoms with Crippen molar-refractivity contribution in [3.05, 3.63) is 28.2 Å². The van der Waals surface area contributed by atoms with Crippen molar-refractivity contribution in [2.24, 2.45) is 0 Å². The van der Waals surface area contributed by atoms with E-state index < -0.39 is 11.8 Å². The van der Waals surface area contributed by atoms with E-state index in [-0.39, 0.29) is 16.8 Å². The van der Waals surface area contributed by atoms with Gasteiger partial charge in [0.1, 0.15) is 10.4 Å².